The Kier molecular flexibility index (Phi) is 5.58. The fraction of sp³-hybridized carbons (Fsp3) is 0.435. The van der Waals surface area contributed by atoms with E-state index in [-0.39, 0.29) is 23.6 Å². The number of benzene rings is 1. The Morgan fingerprint density at radius 3 is 2.81 bits per heavy atom. The number of aryl methyl sites for hydroxylation is 1. The fourth-order valence-electron chi connectivity index (χ4n) is 4.04. The average molecular weight is 438 g/mol. The Morgan fingerprint density at radius 2 is 2.09 bits per heavy atom. The van der Waals surface area contributed by atoms with E-state index < -0.39 is 5.60 Å². The van der Waals surface area contributed by atoms with Gasteiger partial charge in [0.2, 0.25) is 0 Å². The number of rotatable bonds is 3. The van der Waals surface area contributed by atoms with Crippen LogP contribution < -0.4 is 15.4 Å². The molecule has 0 bridgehead atoms. The zero-order chi connectivity index (χ0) is 23.0. The number of piperidine rings is 1. The van der Waals surface area contributed by atoms with Gasteiger partial charge in [-0.05, 0) is 51.8 Å². The normalized spacial score (nSPS) is 19.4. The van der Waals surface area contributed by atoms with Crippen LogP contribution in [0.1, 0.15) is 64.8 Å². The number of hydrogen-bond donors (Lipinski definition) is 2. The second-order valence-corrected chi connectivity index (χ2v) is 8.67. The van der Waals surface area contributed by atoms with Crippen LogP contribution in [0, 0.1) is 6.92 Å². The van der Waals surface area contributed by atoms with Crippen LogP contribution in [0.5, 0.6) is 5.75 Å². The highest BCUT2D eigenvalue weighted by molar-refractivity contribution is 6.02. The Morgan fingerprint density at radius 1 is 1.31 bits per heavy atom. The summed E-state index contributed by atoms with van der Waals surface area (Å²) in [6.07, 6.45) is 3.24. The topological polar surface area (TPSA) is 114 Å². The minimum Gasteiger partial charge on any atom is -0.476 e. The minimum absolute atomic E-state index is 0.00778. The number of nitrogens with zero attached hydrogens (tertiary/aromatic N) is 3. The lowest BCUT2D eigenvalue weighted by Gasteiger charge is -2.33. The first-order valence-electron chi connectivity index (χ1n) is 10.7. The largest absolute Gasteiger partial charge is 0.476 e. The molecule has 1 saturated heterocycles. The van der Waals surface area contributed by atoms with E-state index in [1.54, 1.807) is 57.1 Å². The van der Waals surface area contributed by atoms with Crippen LogP contribution in [0.25, 0.3) is 0 Å². The van der Waals surface area contributed by atoms with Crippen molar-refractivity contribution in [1.82, 2.24) is 20.2 Å². The average Bonchev–Trinajstić information content (AvgIpc) is 2.78. The summed E-state index contributed by atoms with van der Waals surface area (Å²) in [4.78, 5) is 48.0. The van der Waals surface area contributed by atoms with Crippen molar-refractivity contribution in [2.24, 2.45) is 0 Å². The maximum atomic E-state index is 13.2. The Hall–Kier alpha value is -3.49. The van der Waals surface area contributed by atoms with Crippen molar-refractivity contribution in [2.45, 2.75) is 45.1 Å². The first kappa shape index (κ1) is 21.7. The number of likely N-dealkylation sites (tertiary alicyclic amines) is 1. The van der Waals surface area contributed by atoms with E-state index in [0.29, 0.717) is 47.2 Å². The summed E-state index contributed by atoms with van der Waals surface area (Å²) in [5.74, 6) is 0.590. The van der Waals surface area contributed by atoms with Crippen molar-refractivity contribution in [3.8, 4) is 5.75 Å². The zero-order valence-electron chi connectivity index (χ0n) is 18.7. The summed E-state index contributed by atoms with van der Waals surface area (Å²) < 4.78 is 5.75. The molecule has 0 saturated carbocycles. The van der Waals surface area contributed by atoms with Crippen LogP contribution in [-0.2, 0) is 4.79 Å². The third kappa shape index (κ3) is 4.02. The minimum atomic E-state index is -0.954. The summed E-state index contributed by atoms with van der Waals surface area (Å²) in [7, 11) is 1.57. The van der Waals surface area contributed by atoms with E-state index in [4.69, 9.17) is 4.74 Å². The van der Waals surface area contributed by atoms with E-state index >= 15 is 0 Å². The quantitative estimate of drug-likeness (QED) is 0.762. The van der Waals surface area contributed by atoms with Crippen molar-refractivity contribution >= 4 is 23.4 Å². The summed E-state index contributed by atoms with van der Waals surface area (Å²) in [5, 5.41) is 5.40. The van der Waals surface area contributed by atoms with Gasteiger partial charge in [-0.25, -0.2) is 9.97 Å². The number of nitrogens with one attached hydrogen (secondary N) is 2. The van der Waals surface area contributed by atoms with Crippen LogP contribution in [0.3, 0.4) is 0 Å². The molecule has 0 spiro atoms. The number of carbonyl (C=O) groups is 3. The number of aromatic nitrogens is 2. The summed E-state index contributed by atoms with van der Waals surface area (Å²) in [6.45, 7) is 6.31. The molecule has 3 heterocycles. The predicted molar refractivity (Wildman–Crippen MR) is 118 cm³/mol. The van der Waals surface area contributed by atoms with Gasteiger partial charge in [-0.2, -0.15) is 0 Å². The molecule has 32 heavy (non-hydrogen) atoms. The van der Waals surface area contributed by atoms with E-state index in [2.05, 4.69) is 20.6 Å². The van der Waals surface area contributed by atoms with Gasteiger partial charge in [0.1, 0.15) is 11.6 Å². The predicted octanol–water partition coefficient (Wildman–Crippen LogP) is 2.27. The van der Waals surface area contributed by atoms with Crippen molar-refractivity contribution in [3.05, 3.63) is 47.0 Å². The van der Waals surface area contributed by atoms with E-state index in [0.717, 1.165) is 12.8 Å². The number of carbonyl (C=O) groups excluding carboxylic acids is 3. The molecule has 9 heteroatoms. The first-order chi connectivity index (χ1) is 15.2. The molecule has 4 rings (SSSR count). The van der Waals surface area contributed by atoms with Crippen molar-refractivity contribution in [1.29, 1.82) is 0 Å². The molecule has 1 unspecified atom stereocenters. The van der Waals surface area contributed by atoms with Gasteiger partial charge in [-0.1, -0.05) is 0 Å². The van der Waals surface area contributed by atoms with Crippen LogP contribution in [-0.4, -0.2) is 58.3 Å². The maximum Gasteiger partial charge on any atom is 0.268 e. The third-order valence-electron chi connectivity index (χ3n) is 5.93. The van der Waals surface area contributed by atoms with Crippen LogP contribution >= 0.6 is 0 Å². The van der Waals surface area contributed by atoms with E-state index in [1.165, 1.54) is 0 Å². The Balaban J connectivity index is 1.51. The second-order valence-electron chi connectivity index (χ2n) is 8.67. The molecule has 1 aromatic carbocycles. The molecule has 0 radical (unpaired) electrons. The second kappa shape index (κ2) is 8.22. The molecule has 2 aliphatic rings. The standard InChI is InChI=1S/C23H27N5O4/c1-13-16(20(29)24-4)11-25-19(26-13)15-6-5-9-28(12-15)21(30)14-7-8-18-17(10-14)27-22(31)23(2,3)32-18/h7-8,10-11,15H,5-6,9,12H2,1-4H3,(H,24,29)(H,27,31). The molecular formula is C23H27N5O4. The lowest BCUT2D eigenvalue weighted by molar-refractivity contribution is -0.129. The SMILES string of the molecule is CNC(=O)c1cnc(C2CCCN(C(=O)c3ccc4c(c3)NC(=O)C(C)(C)O4)C2)nc1C. The molecule has 1 atom stereocenters. The highest BCUT2D eigenvalue weighted by Gasteiger charge is 2.36. The highest BCUT2D eigenvalue weighted by atomic mass is 16.5. The van der Waals surface area contributed by atoms with Gasteiger partial charge >= 0.3 is 0 Å². The first-order valence-corrected chi connectivity index (χ1v) is 10.7. The molecule has 1 fully saturated rings. The molecule has 2 N–H and O–H groups in total. The van der Waals surface area contributed by atoms with Gasteiger partial charge in [0.05, 0.1) is 16.9 Å². The Bertz CT molecular complexity index is 1100. The summed E-state index contributed by atoms with van der Waals surface area (Å²) in [6, 6.07) is 5.10. The molecule has 2 aliphatic heterocycles. The number of amides is 3. The smallest absolute Gasteiger partial charge is 0.268 e. The van der Waals surface area contributed by atoms with Gasteiger partial charge in [-0.15, -0.1) is 0 Å². The Labute approximate surface area is 186 Å². The molecule has 3 amide bonds. The number of anilines is 1. The number of hydrogen-bond acceptors (Lipinski definition) is 6. The van der Waals surface area contributed by atoms with E-state index in [9.17, 15) is 14.4 Å². The number of fused-ring (bicyclic) bond motifs is 1. The van der Waals surface area contributed by atoms with Gasteiger partial charge in [0.15, 0.2) is 5.60 Å². The molecule has 168 valence electrons. The molecule has 0 aliphatic carbocycles. The highest BCUT2D eigenvalue weighted by Crippen LogP contribution is 2.35. The van der Waals surface area contributed by atoms with Crippen molar-refractivity contribution in [2.75, 3.05) is 25.5 Å². The van der Waals surface area contributed by atoms with Gasteiger partial charge < -0.3 is 20.3 Å². The molecule has 9 nitrogen and oxygen atoms in total. The zero-order valence-corrected chi connectivity index (χ0v) is 18.7. The maximum absolute atomic E-state index is 13.2. The molecule has 2 aromatic rings. The van der Waals surface area contributed by atoms with Crippen molar-refractivity contribution < 1.29 is 19.1 Å². The van der Waals surface area contributed by atoms with Gasteiger partial charge in [0.25, 0.3) is 17.7 Å². The fourth-order valence-corrected chi connectivity index (χ4v) is 4.04. The van der Waals surface area contributed by atoms with Crippen LogP contribution in [0.15, 0.2) is 24.4 Å². The summed E-state index contributed by atoms with van der Waals surface area (Å²) >= 11 is 0. The van der Waals surface area contributed by atoms with Gasteiger partial charge in [-0.3, -0.25) is 14.4 Å². The van der Waals surface area contributed by atoms with Crippen LogP contribution in [0.4, 0.5) is 5.69 Å². The lowest BCUT2D eigenvalue weighted by Crippen LogP contribution is -2.45. The molecular weight excluding hydrogens is 410 g/mol. The van der Waals surface area contributed by atoms with Crippen LogP contribution in [0.2, 0.25) is 0 Å². The summed E-state index contributed by atoms with van der Waals surface area (Å²) in [5.41, 5.74) is 1.09. The third-order valence-corrected chi connectivity index (χ3v) is 5.93. The van der Waals surface area contributed by atoms with E-state index in [1.807, 2.05) is 0 Å². The lowest BCUT2D eigenvalue weighted by atomic mass is 9.96. The van der Waals surface area contributed by atoms with Crippen molar-refractivity contribution in [3.63, 3.8) is 0 Å². The molecule has 1 aromatic heterocycles. The van der Waals surface area contributed by atoms with Gasteiger partial charge in [0, 0.05) is 37.8 Å². The number of ether oxygens (including phenoxy) is 1. The monoisotopic (exact) mass is 437 g/mol.